The van der Waals surface area contributed by atoms with Crippen LogP contribution in [0.25, 0.3) is 0 Å². The molecule has 5 atom stereocenters. The second kappa shape index (κ2) is 8.08. The Bertz CT molecular complexity index is 894. The van der Waals surface area contributed by atoms with E-state index < -0.39 is 12.1 Å². The SMILES string of the molecule is CC1C(=O)NC2=NCC(c3ccccc3)C2N1C1C(=CNC=O)CC=NC1C=N. The predicted octanol–water partition coefficient (Wildman–Crippen LogP) is 0.862. The van der Waals surface area contributed by atoms with Gasteiger partial charge in [-0.3, -0.25) is 24.5 Å². The van der Waals surface area contributed by atoms with E-state index in [-0.39, 0.29) is 23.9 Å². The van der Waals surface area contributed by atoms with Crippen molar-refractivity contribution in [2.45, 2.75) is 43.4 Å². The van der Waals surface area contributed by atoms with Crippen molar-refractivity contribution < 1.29 is 9.59 Å². The molecule has 5 unspecified atom stereocenters. The van der Waals surface area contributed by atoms with Gasteiger partial charge in [0.2, 0.25) is 12.3 Å². The first-order valence-corrected chi connectivity index (χ1v) is 9.74. The van der Waals surface area contributed by atoms with Crippen LogP contribution in [-0.2, 0) is 9.59 Å². The van der Waals surface area contributed by atoms with Gasteiger partial charge in [0.05, 0.1) is 18.1 Å². The number of aliphatic imine (C=N–C) groups is 2. The highest BCUT2D eigenvalue weighted by molar-refractivity contribution is 6.06. The van der Waals surface area contributed by atoms with E-state index in [0.717, 1.165) is 11.1 Å². The summed E-state index contributed by atoms with van der Waals surface area (Å²) in [7, 11) is 0. The van der Waals surface area contributed by atoms with Gasteiger partial charge in [0.15, 0.2) is 0 Å². The standard InChI is InChI=1S/C21H24N6O2/c1-13-21(29)26-20-19(16(11-25-20)14-5-3-2-4-6-14)27(13)18-15(10-23-12-28)7-8-24-17(18)9-22/h2-6,8-10,12-13,16-19,22H,7,11H2,1H3,(H,23,28)(H,25,26,29). The van der Waals surface area contributed by atoms with Crippen molar-refractivity contribution >= 4 is 30.6 Å². The summed E-state index contributed by atoms with van der Waals surface area (Å²) >= 11 is 0. The third kappa shape index (κ3) is 3.40. The quantitative estimate of drug-likeness (QED) is 0.511. The van der Waals surface area contributed by atoms with Crippen molar-refractivity contribution in [2.75, 3.05) is 6.54 Å². The van der Waals surface area contributed by atoms with Crippen molar-refractivity contribution in [3.8, 4) is 0 Å². The highest BCUT2D eigenvalue weighted by Crippen LogP contribution is 2.37. The molecule has 0 spiro atoms. The molecule has 3 aliphatic heterocycles. The second-order valence-electron chi connectivity index (χ2n) is 7.44. The number of rotatable bonds is 5. The first-order valence-electron chi connectivity index (χ1n) is 9.74. The molecule has 4 rings (SSSR count). The zero-order valence-electron chi connectivity index (χ0n) is 16.2. The summed E-state index contributed by atoms with van der Waals surface area (Å²) in [6.45, 7) is 2.46. The lowest BCUT2D eigenvalue weighted by atomic mass is 9.84. The zero-order chi connectivity index (χ0) is 20.4. The monoisotopic (exact) mass is 392 g/mol. The smallest absolute Gasteiger partial charge is 0.242 e. The number of piperazine rings is 1. The minimum atomic E-state index is -0.435. The van der Waals surface area contributed by atoms with Crippen LogP contribution in [0, 0.1) is 5.41 Å². The molecule has 1 saturated heterocycles. The molecule has 3 aliphatic rings. The molecule has 150 valence electrons. The number of nitrogens with zero attached hydrogens (tertiary/aromatic N) is 3. The van der Waals surface area contributed by atoms with Crippen LogP contribution in [0.15, 0.2) is 52.1 Å². The fourth-order valence-electron chi connectivity index (χ4n) is 4.54. The largest absolute Gasteiger partial charge is 0.335 e. The van der Waals surface area contributed by atoms with Crippen LogP contribution in [0.5, 0.6) is 0 Å². The Morgan fingerprint density at radius 3 is 2.79 bits per heavy atom. The van der Waals surface area contributed by atoms with Crippen LogP contribution in [-0.4, -0.2) is 66.2 Å². The van der Waals surface area contributed by atoms with Gasteiger partial charge in [0.1, 0.15) is 11.9 Å². The topological polar surface area (TPSA) is 110 Å². The number of amides is 2. The highest BCUT2D eigenvalue weighted by Gasteiger charge is 2.50. The minimum absolute atomic E-state index is 0.0896. The Labute approximate surface area is 169 Å². The summed E-state index contributed by atoms with van der Waals surface area (Å²) in [5, 5.41) is 13.5. The molecule has 3 N–H and O–H groups in total. The molecule has 29 heavy (non-hydrogen) atoms. The Balaban J connectivity index is 1.79. The Morgan fingerprint density at radius 2 is 2.07 bits per heavy atom. The van der Waals surface area contributed by atoms with Gasteiger partial charge in [-0.15, -0.1) is 0 Å². The molecular weight excluding hydrogens is 368 g/mol. The lowest BCUT2D eigenvalue weighted by Crippen LogP contribution is -2.67. The van der Waals surface area contributed by atoms with Crippen LogP contribution in [0.1, 0.15) is 24.8 Å². The first kappa shape index (κ1) is 19.2. The summed E-state index contributed by atoms with van der Waals surface area (Å²) in [4.78, 5) is 34.9. The fraction of sp³-hybridized carbons (Fsp3) is 0.381. The van der Waals surface area contributed by atoms with Gasteiger partial charge >= 0.3 is 0 Å². The van der Waals surface area contributed by atoms with Gasteiger partial charge in [-0.1, -0.05) is 30.3 Å². The predicted molar refractivity (Wildman–Crippen MR) is 111 cm³/mol. The lowest BCUT2D eigenvalue weighted by molar-refractivity contribution is -0.127. The first-order chi connectivity index (χ1) is 14.2. The van der Waals surface area contributed by atoms with Crippen molar-refractivity contribution in [2.24, 2.45) is 9.98 Å². The normalized spacial score (nSPS) is 33.0. The summed E-state index contributed by atoms with van der Waals surface area (Å²) in [6.07, 6.45) is 5.91. The highest BCUT2D eigenvalue weighted by atomic mass is 16.2. The maximum Gasteiger partial charge on any atom is 0.242 e. The molecule has 1 aromatic carbocycles. The second-order valence-corrected chi connectivity index (χ2v) is 7.44. The van der Waals surface area contributed by atoms with Crippen LogP contribution in [0.4, 0.5) is 0 Å². The van der Waals surface area contributed by atoms with E-state index in [0.29, 0.717) is 25.2 Å². The van der Waals surface area contributed by atoms with E-state index in [4.69, 9.17) is 5.41 Å². The van der Waals surface area contributed by atoms with E-state index in [2.05, 4.69) is 37.7 Å². The van der Waals surface area contributed by atoms with Crippen molar-refractivity contribution in [3.05, 3.63) is 47.7 Å². The zero-order valence-corrected chi connectivity index (χ0v) is 16.2. The van der Waals surface area contributed by atoms with Crippen LogP contribution >= 0.6 is 0 Å². The van der Waals surface area contributed by atoms with Gasteiger partial charge in [-0.2, -0.15) is 0 Å². The summed E-state index contributed by atoms with van der Waals surface area (Å²) in [6, 6.07) is 8.85. The van der Waals surface area contributed by atoms with Crippen LogP contribution < -0.4 is 10.6 Å². The van der Waals surface area contributed by atoms with E-state index in [1.165, 1.54) is 6.21 Å². The molecule has 8 nitrogen and oxygen atoms in total. The van der Waals surface area contributed by atoms with Crippen molar-refractivity contribution in [3.63, 3.8) is 0 Å². The Hall–Kier alpha value is -3.13. The van der Waals surface area contributed by atoms with Gasteiger partial charge in [0.25, 0.3) is 0 Å². The number of nitrogens with one attached hydrogen (secondary N) is 3. The summed E-state index contributed by atoms with van der Waals surface area (Å²) in [5.41, 5.74) is 2.08. The number of benzene rings is 1. The minimum Gasteiger partial charge on any atom is -0.335 e. The Kier molecular flexibility index (Phi) is 5.35. The van der Waals surface area contributed by atoms with Crippen LogP contribution in [0.2, 0.25) is 0 Å². The third-order valence-electron chi connectivity index (χ3n) is 5.88. The fourth-order valence-corrected chi connectivity index (χ4v) is 4.54. The van der Waals surface area contributed by atoms with Crippen molar-refractivity contribution in [1.82, 2.24) is 15.5 Å². The van der Waals surface area contributed by atoms with Gasteiger partial charge in [-0.05, 0) is 18.1 Å². The third-order valence-corrected chi connectivity index (χ3v) is 5.88. The van der Waals surface area contributed by atoms with Gasteiger partial charge in [-0.25, -0.2) is 0 Å². The Morgan fingerprint density at radius 1 is 1.28 bits per heavy atom. The lowest BCUT2D eigenvalue weighted by Gasteiger charge is -2.48. The van der Waals surface area contributed by atoms with E-state index in [1.807, 2.05) is 25.1 Å². The number of hydrogen-bond donors (Lipinski definition) is 3. The molecule has 1 aromatic rings. The van der Waals surface area contributed by atoms with E-state index in [1.54, 1.807) is 12.4 Å². The molecule has 3 heterocycles. The molecule has 1 fully saturated rings. The number of amidine groups is 1. The average Bonchev–Trinajstić information content (AvgIpc) is 3.17. The molecule has 8 heteroatoms. The van der Waals surface area contributed by atoms with E-state index in [9.17, 15) is 9.59 Å². The number of hydrogen-bond acceptors (Lipinski definition) is 6. The van der Waals surface area contributed by atoms with Crippen molar-refractivity contribution in [1.29, 1.82) is 5.41 Å². The number of carbonyl (C=O) groups is 2. The summed E-state index contributed by atoms with van der Waals surface area (Å²) in [5.74, 6) is 0.643. The van der Waals surface area contributed by atoms with Crippen LogP contribution in [0.3, 0.4) is 0 Å². The summed E-state index contributed by atoms with van der Waals surface area (Å²) < 4.78 is 0. The van der Waals surface area contributed by atoms with E-state index >= 15 is 0 Å². The van der Waals surface area contributed by atoms with Gasteiger partial charge in [0, 0.05) is 37.5 Å². The molecular formula is C21H24N6O2. The molecule has 2 amide bonds. The molecule has 0 saturated carbocycles. The average molecular weight is 392 g/mol. The molecule has 0 radical (unpaired) electrons. The molecule has 0 aromatic heterocycles. The molecule has 0 aliphatic carbocycles. The molecule has 0 bridgehead atoms. The maximum atomic E-state index is 12.7. The van der Waals surface area contributed by atoms with Gasteiger partial charge < -0.3 is 16.0 Å². The number of fused-ring (bicyclic) bond motifs is 1. The maximum absolute atomic E-state index is 12.7. The number of carbonyl (C=O) groups excluding carboxylic acids is 2.